The molecule has 2 N–H and O–H groups in total. The van der Waals surface area contributed by atoms with Gasteiger partial charge in [0.1, 0.15) is 0 Å². The average Bonchev–Trinajstić information content (AvgIpc) is 2.55. The van der Waals surface area contributed by atoms with Crippen LogP contribution in [0.1, 0.15) is 12.8 Å². The first-order chi connectivity index (χ1) is 10.6. The van der Waals surface area contributed by atoms with Gasteiger partial charge in [-0.1, -0.05) is 12.1 Å². The Labute approximate surface area is 130 Å². The Kier molecular flexibility index (Phi) is 4.40. The number of carbonyl (C=O) groups excluding carboxylic acids is 1. The number of anilines is 1. The number of fused-ring (bicyclic) bond motifs is 1. The van der Waals surface area contributed by atoms with Crippen molar-refractivity contribution in [3.63, 3.8) is 0 Å². The highest BCUT2D eigenvalue weighted by atomic mass is 16.2. The molecule has 114 valence electrons. The van der Waals surface area contributed by atoms with E-state index in [4.69, 9.17) is 0 Å². The van der Waals surface area contributed by atoms with Crippen molar-refractivity contribution in [2.45, 2.75) is 19.7 Å². The molecule has 1 aromatic heterocycles. The van der Waals surface area contributed by atoms with E-state index in [1.54, 1.807) is 19.2 Å². The molecule has 1 aliphatic rings. The van der Waals surface area contributed by atoms with E-state index in [9.17, 15) is 9.82 Å². The number of amides is 1. The quantitative estimate of drug-likeness (QED) is 0.850. The number of piperidine rings is 1. The first-order valence-corrected chi connectivity index (χ1v) is 7.71. The largest absolute Gasteiger partial charge is 0.437 e. The van der Waals surface area contributed by atoms with Gasteiger partial charge < -0.3 is 15.2 Å². The molecule has 1 amide bonds. The van der Waals surface area contributed by atoms with Crippen LogP contribution in [0.25, 0.3) is 10.8 Å². The molecule has 0 saturated carbocycles. The van der Waals surface area contributed by atoms with E-state index in [1.165, 1.54) is 0 Å². The molecule has 22 heavy (non-hydrogen) atoms. The van der Waals surface area contributed by atoms with Crippen molar-refractivity contribution in [2.75, 3.05) is 18.4 Å². The Balaban J connectivity index is 1.69. The molecule has 6 heteroatoms. The Morgan fingerprint density at radius 3 is 2.86 bits per heavy atom. The number of benzene rings is 1. The van der Waals surface area contributed by atoms with Crippen LogP contribution in [-0.4, -0.2) is 40.9 Å². The average molecular weight is 297 g/mol. The van der Waals surface area contributed by atoms with Gasteiger partial charge in [-0.3, -0.25) is 9.78 Å². The van der Waals surface area contributed by atoms with Gasteiger partial charge in [0, 0.05) is 34.8 Å². The third-order valence-electron chi connectivity index (χ3n) is 4.37. The van der Waals surface area contributed by atoms with Crippen LogP contribution in [0.15, 0.2) is 36.7 Å². The lowest BCUT2D eigenvalue weighted by Gasteiger charge is -2.31. The summed E-state index contributed by atoms with van der Waals surface area (Å²) in [5, 5.41) is 14.7. The van der Waals surface area contributed by atoms with Gasteiger partial charge in [-0.15, -0.1) is 0 Å². The molecule has 1 fully saturated rings. The van der Waals surface area contributed by atoms with Crippen molar-refractivity contribution in [3.05, 3.63) is 36.7 Å². The Morgan fingerprint density at radius 2 is 2.14 bits per heavy atom. The topological polar surface area (TPSA) is 65.5 Å². The van der Waals surface area contributed by atoms with Gasteiger partial charge in [-0.2, -0.15) is 0 Å². The molecule has 0 spiro atoms. The summed E-state index contributed by atoms with van der Waals surface area (Å²) >= 11 is 0. The lowest BCUT2D eigenvalue weighted by molar-refractivity contribution is -0.121. The maximum absolute atomic E-state index is 12.5. The molecule has 1 aromatic carbocycles. The lowest BCUT2D eigenvalue weighted by Crippen LogP contribution is -2.45. The molecule has 0 unspecified atom stereocenters. The van der Waals surface area contributed by atoms with Gasteiger partial charge in [0.15, 0.2) is 0 Å². The molecule has 1 aliphatic heterocycles. The number of rotatable bonds is 3. The van der Waals surface area contributed by atoms with Crippen molar-refractivity contribution < 1.29 is 9.82 Å². The normalized spacial score (nSPS) is 16.6. The van der Waals surface area contributed by atoms with Gasteiger partial charge in [0.05, 0.1) is 0 Å². The monoisotopic (exact) mass is 297 g/mol. The smallest absolute Gasteiger partial charge is 0.376 e. The molecule has 0 bridgehead atoms. The minimum Gasteiger partial charge on any atom is -0.437 e. The van der Waals surface area contributed by atoms with Crippen LogP contribution < -0.4 is 5.32 Å². The summed E-state index contributed by atoms with van der Waals surface area (Å²) < 4.78 is 0. The van der Waals surface area contributed by atoms with E-state index < -0.39 is 7.05 Å². The highest BCUT2D eigenvalue weighted by molar-refractivity contribution is 6.45. The number of aromatic nitrogens is 1. The number of hydrogen-bond acceptors (Lipinski definition) is 4. The molecule has 2 aromatic rings. The zero-order chi connectivity index (χ0) is 15.5. The number of pyridine rings is 1. The van der Waals surface area contributed by atoms with Crippen molar-refractivity contribution in [3.8, 4) is 0 Å². The minimum atomic E-state index is -0.436. The second-order valence-corrected chi connectivity index (χ2v) is 5.83. The summed E-state index contributed by atoms with van der Waals surface area (Å²) in [5.74, 6) is 0.0710. The maximum atomic E-state index is 12.5. The molecule has 3 rings (SSSR count). The summed E-state index contributed by atoms with van der Waals surface area (Å²) in [5.41, 5.74) is 0.836. The van der Waals surface area contributed by atoms with E-state index in [0.29, 0.717) is 0 Å². The standard InChI is InChI=1S/C16H20BN3O2/c1-17(22)20-9-6-12(7-10-20)16(21)19-15-4-2-3-13-11-18-8-5-14(13)15/h2-5,8,11-12,22H,6-7,9-10H2,1H3,(H,19,21). The van der Waals surface area contributed by atoms with E-state index in [1.807, 2.05) is 29.1 Å². The highest BCUT2D eigenvalue weighted by Crippen LogP contribution is 2.25. The van der Waals surface area contributed by atoms with E-state index in [2.05, 4.69) is 10.3 Å². The molecule has 2 heterocycles. The Morgan fingerprint density at radius 1 is 1.36 bits per heavy atom. The third-order valence-corrected chi connectivity index (χ3v) is 4.37. The second kappa shape index (κ2) is 6.46. The fourth-order valence-corrected chi connectivity index (χ4v) is 3.00. The third kappa shape index (κ3) is 3.13. The minimum absolute atomic E-state index is 0.00657. The SMILES string of the molecule is CB(O)N1CCC(C(=O)Nc2cccc3cnccc23)CC1. The number of hydrogen-bond donors (Lipinski definition) is 2. The van der Waals surface area contributed by atoms with Crippen molar-refractivity contribution >= 4 is 29.4 Å². The molecule has 1 saturated heterocycles. The predicted molar refractivity (Wildman–Crippen MR) is 88.5 cm³/mol. The number of nitrogens with one attached hydrogen (secondary N) is 1. The van der Waals surface area contributed by atoms with Gasteiger partial charge in [0.2, 0.25) is 5.91 Å². The molecule has 0 atom stereocenters. The van der Waals surface area contributed by atoms with E-state index in [0.717, 1.165) is 42.4 Å². The van der Waals surface area contributed by atoms with Crippen LogP contribution in [0, 0.1) is 5.92 Å². The molecule has 0 radical (unpaired) electrons. The van der Waals surface area contributed by atoms with Crippen LogP contribution in [0.3, 0.4) is 0 Å². The van der Waals surface area contributed by atoms with Crippen molar-refractivity contribution in [1.82, 2.24) is 9.79 Å². The Bertz CT molecular complexity index is 664. The molecule has 0 aliphatic carbocycles. The fraction of sp³-hybridized carbons (Fsp3) is 0.375. The second-order valence-electron chi connectivity index (χ2n) is 5.83. The van der Waals surface area contributed by atoms with Crippen LogP contribution in [-0.2, 0) is 4.79 Å². The van der Waals surface area contributed by atoms with E-state index in [-0.39, 0.29) is 11.8 Å². The molecular weight excluding hydrogens is 277 g/mol. The van der Waals surface area contributed by atoms with Crippen LogP contribution in [0.2, 0.25) is 6.82 Å². The number of carbonyl (C=O) groups is 1. The number of nitrogens with zero attached hydrogens (tertiary/aromatic N) is 2. The first-order valence-electron chi connectivity index (χ1n) is 7.71. The highest BCUT2D eigenvalue weighted by Gasteiger charge is 2.28. The van der Waals surface area contributed by atoms with Crippen LogP contribution in [0.5, 0.6) is 0 Å². The van der Waals surface area contributed by atoms with Crippen LogP contribution >= 0.6 is 0 Å². The zero-order valence-electron chi connectivity index (χ0n) is 12.7. The van der Waals surface area contributed by atoms with Gasteiger partial charge in [-0.05, 0) is 44.9 Å². The summed E-state index contributed by atoms with van der Waals surface area (Å²) in [4.78, 5) is 18.6. The molecular formula is C16H20BN3O2. The fourth-order valence-electron chi connectivity index (χ4n) is 3.00. The maximum Gasteiger partial charge on any atom is 0.376 e. The van der Waals surface area contributed by atoms with E-state index >= 15 is 0 Å². The zero-order valence-corrected chi connectivity index (χ0v) is 12.7. The van der Waals surface area contributed by atoms with Gasteiger partial charge in [0.25, 0.3) is 0 Å². The van der Waals surface area contributed by atoms with Crippen molar-refractivity contribution in [1.29, 1.82) is 0 Å². The van der Waals surface area contributed by atoms with Crippen molar-refractivity contribution in [2.24, 2.45) is 5.92 Å². The van der Waals surface area contributed by atoms with Crippen LogP contribution in [0.4, 0.5) is 5.69 Å². The van der Waals surface area contributed by atoms with Gasteiger partial charge >= 0.3 is 7.05 Å². The molecule has 5 nitrogen and oxygen atoms in total. The predicted octanol–water partition coefficient (Wildman–Crippen LogP) is 2.00. The summed E-state index contributed by atoms with van der Waals surface area (Å²) in [7, 11) is -0.436. The summed E-state index contributed by atoms with van der Waals surface area (Å²) in [6.07, 6.45) is 5.09. The van der Waals surface area contributed by atoms with Gasteiger partial charge in [-0.25, -0.2) is 0 Å². The summed E-state index contributed by atoms with van der Waals surface area (Å²) in [6, 6.07) is 7.75. The lowest BCUT2D eigenvalue weighted by atomic mass is 9.81. The summed E-state index contributed by atoms with van der Waals surface area (Å²) in [6.45, 7) is 3.29. The Hall–Kier alpha value is -1.92. The first kappa shape index (κ1) is 15.0.